The van der Waals surface area contributed by atoms with E-state index < -0.39 is 12.2 Å². The standard InChI is InChI=1S/C20H19ClN6O2/c1-11-3-2-4-12(21)18(11)25-19-14-7-22-10-27(14)20-13(23-19)5-6-17(24-20)26-8-15(28)16(29)9-26/h2-7,10,15-16,28-29H,8-9H2,1H3,(H,23,25)/t15-,16-/m1/s1. The zero-order chi connectivity index (χ0) is 20.1. The summed E-state index contributed by atoms with van der Waals surface area (Å²) in [6.45, 7) is 2.66. The lowest BCUT2D eigenvalue weighted by molar-refractivity contribution is 0.0572. The lowest BCUT2D eigenvalue weighted by atomic mass is 10.2. The van der Waals surface area contributed by atoms with Crippen molar-refractivity contribution >= 4 is 45.6 Å². The molecule has 0 amide bonds. The number of hydrogen-bond donors (Lipinski definition) is 3. The monoisotopic (exact) mass is 410 g/mol. The van der Waals surface area contributed by atoms with Crippen LogP contribution in [0.15, 0.2) is 42.9 Å². The largest absolute Gasteiger partial charge is 0.389 e. The molecule has 4 aromatic rings. The van der Waals surface area contributed by atoms with Crippen molar-refractivity contribution in [2.24, 2.45) is 0 Å². The lowest BCUT2D eigenvalue weighted by Gasteiger charge is -2.17. The van der Waals surface area contributed by atoms with Gasteiger partial charge < -0.3 is 20.4 Å². The molecule has 0 saturated carbocycles. The number of hydrogen-bond acceptors (Lipinski definition) is 7. The number of aliphatic hydroxyl groups excluding tert-OH is 2. The minimum absolute atomic E-state index is 0.339. The van der Waals surface area contributed by atoms with Gasteiger partial charge in [0.15, 0.2) is 11.5 Å². The molecule has 29 heavy (non-hydrogen) atoms. The molecule has 1 fully saturated rings. The van der Waals surface area contributed by atoms with Crippen molar-refractivity contribution in [2.45, 2.75) is 19.1 Å². The Kier molecular flexibility index (Phi) is 4.27. The van der Waals surface area contributed by atoms with Crippen molar-refractivity contribution in [3.05, 3.63) is 53.4 Å². The minimum Gasteiger partial charge on any atom is -0.389 e. The third-order valence-electron chi connectivity index (χ3n) is 5.23. The Morgan fingerprint density at radius 2 is 1.90 bits per heavy atom. The third kappa shape index (κ3) is 3.05. The van der Waals surface area contributed by atoms with Gasteiger partial charge in [0.05, 0.1) is 29.1 Å². The molecule has 4 heterocycles. The smallest absolute Gasteiger partial charge is 0.166 e. The Labute approximate surface area is 171 Å². The van der Waals surface area contributed by atoms with E-state index in [1.54, 1.807) is 12.5 Å². The highest BCUT2D eigenvalue weighted by atomic mass is 35.5. The molecule has 1 aliphatic heterocycles. The van der Waals surface area contributed by atoms with Crippen molar-refractivity contribution in [3.63, 3.8) is 0 Å². The van der Waals surface area contributed by atoms with E-state index in [-0.39, 0.29) is 0 Å². The molecule has 1 saturated heterocycles. The minimum atomic E-state index is -0.774. The first-order valence-electron chi connectivity index (χ1n) is 9.27. The van der Waals surface area contributed by atoms with Gasteiger partial charge >= 0.3 is 0 Å². The van der Waals surface area contributed by atoms with E-state index in [1.807, 2.05) is 46.6 Å². The Hall–Kier alpha value is -2.94. The van der Waals surface area contributed by atoms with Crippen LogP contribution in [0.4, 0.5) is 17.3 Å². The molecule has 5 rings (SSSR count). The van der Waals surface area contributed by atoms with Crippen LogP contribution in [-0.2, 0) is 0 Å². The number of fused-ring (bicyclic) bond motifs is 3. The molecule has 1 aromatic carbocycles. The van der Waals surface area contributed by atoms with Crippen LogP contribution in [0.2, 0.25) is 5.02 Å². The highest BCUT2D eigenvalue weighted by Crippen LogP contribution is 2.31. The van der Waals surface area contributed by atoms with Gasteiger partial charge in [0.25, 0.3) is 0 Å². The number of imidazole rings is 1. The predicted octanol–water partition coefficient (Wildman–Crippen LogP) is 2.52. The number of nitrogens with one attached hydrogen (secondary N) is 1. The van der Waals surface area contributed by atoms with Gasteiger partial charge in [-0.05, 0) is 30.7 Å². The number of aromatic nitrogens is 4. The van der Waals surface area contributed by atoms with Gasteiger partial charge in [-0.25, -0.2) is 15.0 Å². The van der Waals surface area contributed by atoms with Gasteiger partial charge in [-0.2, -0.15) is 0 Å². The van der Waals surface area contributed by atoms with Crippen LogP contribution in [0.1, 0.15) is 5.56 Å². The second-order valence-electron chi connectivity index (χ2n) is 7.22. The second-order valence-corrected chi connectivity index (χ2v) is 7.63. The molecular formula is C20H19ClN6O2. The molecule has 3 N–H and O–H groups in total. The number of para-hydroxylation sites is 1. The summed E-state index contributed by atoms with van der Waals surface area (Å²) in [5.41, 5.74) is 3.91. The first kappa shape index (κ1) is 18.1. The van der Waals surface area contributed by atoms with Crippen LogP contribution >= 0.6 is 11.6 Å². The SMILES string of the molecule is Cc1cccc(Cl)c1Nc1nc2ccc(N3C[C@@H](O)[C@H](O)C3)nc2n2cncc12. The summed E-state index contributed by atoms with van der Waals surface area (Å²) in [4.78, 5) is 15.6. The molecule has 0 unspecified atom stereocenters. The van der Waals surface area contributed by atoms with Gasteiger partial charge in [-0.15, -0.1) is 0 Å². The average molecular weight is 411 g/mol. The molecule has 3 aromatic heterocycles. The summed E-state index contributed by atoms with van der Waals surface area (Å²) < 4.78 is 1.86. The normalized spacial score (nSPS) is 19.4. The van der Waals surface area contributed by atoms with E-state index in [2.05, 4.69) is 10.3 Å². The van der Waals surface area contributed by atoms with E-state index in [0.717, 1.165) is 16.8 Å². The average Bonchev–Trinajstić information content (AvgIpc) is 3.32. The number of β-amino-alcohol motifs (C(OH)–C–C–N with tert-alkyl or cyclic N) is 2. The van der Waals surface area contributed by atoms with E-state index in [9.17, 15) is 10.2 Å². The van der Waals surface area contributed by atoms with Crippen molar-refractivity contribution in [1.82, 2.24) is 19.4 Å². The topological polar surface area (TPSA) is 98.8 Å². The summed E-state index contributed by atoms with van der Waals surface area (Å²) in [7, 11) is 0. The van der Waals surface area contributed by atoms with Gasteiger partial charge in [0.2, 0.25) is 0 Å². The van der Waals surface area contributed by atoms with Crippen molar-refractivity contribution in [1.29, 1.82) is 0 Å². The first-order chi connectivity index (χ1) is 14.0. The molecule has 2 atom stereocenters. The highest BCUT2D eigenvalue weighted by Gasteiger charge is 2.30. The summed E-state index contributed by atoms with van der Waals surface area (Å²) in [5.74, 6) is 1.31. The second kappa shape index (κ2) is 6.84. The zero-order valence-corrected chi connectivity index (χ0v) is 16.4. The molecule has 0 spiro atoms. The quantitative estimate of drug-likeness (QED) is 0.477. The third-order valence-corrected chi connectivity index (χ3v) is 5.54. The van der Waals surface area contributed by atoms with Gasteiger partial charge in [0.1, 0.15) is 23.2 Å². The predicted molar refractivity (Wildman–Crippen MR) is 112 cm³/mol. The number of halogens is 1. The summed E-state index contributed by atoms with van der Waals surface area (Å²) in [5, 5.41) is 23.6. The fourth-order valence-electron chi connectivity index (χ4n) is 3.65. The van der Waals surface area contributed by atoms with E-state index >= 15 is 0 Å². The van der Waals surface area contributed by atoms with Crippen molar-refractivity contribution in [2.75, 3.05) is 23.3 Å². The maximum atomic E-state index is 9.84. The van der Waals surface area contributed by atoms with Crippen LogP contribution < -0.4 is 10.2 Å². The molecule has 0 aliphatic carbocycles. The van der Waals surface area contributed by atoms with Crippen LogP contribution in [-0.4, -0.2) is 54.9 Å². The van der Waals surface area contributed by atoms with Crippen molar-refractivity contribution in [3.8, 4) is 0 Å². The maximum Gasteiger partial charge on any atom is 0.166 e. The van der Waals surface area contributed by atoms with Crippen LogP contribution in [0, 0.1) is 6.92 Å². The molecule has 8 nitrogen and oxygen atoms in total. The van der Waals surface area contributed by atoms with Crippen LogP contribution in [0.3, 0.4) is 0 Å². The van der Waals surface area contributed by atoms with Crippen molar-refractivity contribution < 1.29 is 10.2 Å². The lowest BCUT2D eigenvalue weighted by Crippen LogP contribution is -2.22. The number of aryl methyl sites for hydroxylation is 1. The molecule has 148 valence electrons. The zero-order valence-electron chi connectivity index (χ0n) is 15.6. The summed E-state index contributed by atoms with van der Waals surface area (Å²) in [6.07, 6.45) is 1.86. The molecular weight excluding hydrogens is 392 g/mol. The number of nitrogens with zero attached hydrogens (tertiary/aromatic N) is 5. The summed E-state index contributed by atoms with van der Waals surface area (Å²) in [6, 6.07) is 9.43. The number of rotatable bonds is 3. The number of anilines is 3. The fraction of sp³-hybridized carbons (Fsp3) is 0.250. The van der Waals surface area contributed by atoms with E-state index in [4.69, 9.17) is 21.6 Å². The maximum absolute atomic E-state index is 9.84. The van der Waals surface area contributed by atoms with Crippen LogP contribution in [0.5, 0.6) is 0 Å². The highest BCUT2D eigenvalue weighted by molar-refractivity contribution is 6.33. The Bertz CT molecular complexity index is 1200. The van der Waals surface area contributed by atoms with Gasteiger partial charge in [0, 0.05) is 13.1 Å². The van der Waals surface area contributed by atoms with Gasteiger partial charge in [-0.1, -0.05) is 23.7 Å². The molecule has 0 radical (unpaired) electrons. The van der Waals surface area contributed by atoms with Crippen LogP contribution in [0.25, 0.3) is 16.7 Å². The number of pyridine rings is 1. The Morgan fingerprint density at radius 3 is 2.66 bits per heavy atom. The fourth-order valence-corrected chi connectivity index (χ4v) is 3.91. The summed E-state index contributed by atoms with van der Waals surface area (Å²) >= 11 is 6.37. The number of benzene rings is 1. The Balaban J connectivity index is 1.61. The molecule has 1 aliphatic rings. The molecule has 0 bridgehead atoms. The number of aliphatic hydroxyl groups is 2. The molecule has 9 heteroatoms. The van der Waals surface area contributed by atoms with E-state index in [1.165, 1.54) is 0 Å². The van der Waals surface area contributed by atoms with Gasteiger partial charge in [-0.3, -0.25) is 4.40 Å². The van der Waals surface area contributed by atoms with E-state index in [0.29, 0.717) is 40.9 Å². The Morgan fingerprint density at radius 1 is 1.10 bits per heavy atom. The first-order valence-corrected chi connectivity index (χ1v) is 9.65.